The fourth-order valence-corrected chi connectivity index (χ4v) is 2.63. The first-order chi connectivity index (χ1) is 12.6. The summed E-state index contributed by atoms with van der Waals surface area (Å²) in [6, 6.07) is 13.6. The highest BCUT2D eigenvalue weighted by Gasteiger charge is 2.27. The van der Waals surface area contributed by atoms with E-state index in [1.807, 2.05) is 0 Å². The first-order valence-electron chi connectivity index (χ1n) is 7.83. The highest BCUT2D eigenvalue weighted by Crippen LogP contribution is 2.33. The maximum Gasteiger partial charge on any atom is 0.796 e. The van der Waals surface area contributed by atoms with Crippen molar-refractivity contribution in [2.24, 2.45) is 4.99 Å². The molecular weight excluding hydrogens is 341 g/mol. The lowest BCUT2D eigenvalue weighted by molar-refractivity contribution is -0.115. The molecule has 0 atom stereocenters. The van der Waals surface area contributed by atoms with Crippen LogP contribution in [0.1, 0.15) is 12.0 Å². The van der Waals surface area contributed by atoms with E-state index in [2.05, 4.69) is 10.3 Å². The minimum atomic E-state index is -3.03. The van der Waals surface area contributed by atoms with Crippen LogP contribution >= 0.6 is 0 Å². The number of aliphatic imine (C=N–C) groups is 1. The average molecular weight is 356 g/mol. The van der Waals surface area contributed by atoms with Gasteiger partial charge >= 0.3 is 7.47 Å². The molecule has 26 heavy (non-hydrogen) atoms. The first kappa shape index (κ1) is 17.7. The molecule has 2 aromatic carbocycles. The number of para-hydroxylation sites is 3. The Balaban J connectivity index is 2.09. The van der Waals surface area contributed by atoms with E-state index in [9.17, 15) is 13.4 Å². The zero-order valence-electron chi connectivity index (χ0n) is 13.9. The molecule has 0 aromatic heterocycles. The molecular formula is C18H15BF2N2O3. The third-order valence-electron chi connectivity index (χ3n) is 3.74. The van der Waals surface area contributed by atoms with E-state index in [0.29, 0.717) is 22.7 Å². The number of methoxy groups -OCH3 is 1. The molecule has 5 nitrogen and oxygen atoms in total. The van der Waals surface area contributed by atoms with Crippen molar-refractivity contribution in [2.45, 2.75) is 6.42 Å². The van der Waals surface area contributed by atoms with Crippen LogP contribution in [0.5, 0.6) is 5.75 Å². The zero-order chi connectivity index (χ0) is 18.5. The summed E-state index contributed by atoms with van der Waals surface area (Å²) < 4.78 is 35.9. The van der Waals surface area contributed by atoms with E-state index in [0.717, 1.165) is 0 Å². The quantitative estimate of drug-likeness (QED) is 0.648. The highest BCUT2D eigenvalue weighted by molar-refractivity contribution is 6.36. The molecule has 0 fully saturated rings. The molecule has 1 amide bonds. The number of nitrogens with zero attached hydrogens (tertiary/aromatic N) is 1. The predicted molar refractivity (Wildman–Crippen MR) is 96.8 cm³/mol. The molecule has 1 N–H and O–H groups in total. The lowest BCUT2D eigenvalue weighted by atomic mass is 10.1. The molecule has 8 heteroatoms. The molecule has 0 bridgehead atoms. The van der Waals surface area contributed by atoms with Gasteiger partial charge in [0.05, 0.1) is 19.2 Å². The van der Waals surface area contributed by atoms with Crippen LogP contribution in [0.25, 0.3) is 5.76 Å². The average Bonchev–Trinajstić information content (AvgIpc) is 2.76. The molecule has 132 valence electrons. The SMILES string of the molecule is COc1ccccc1N=CC1=C(OB(F)F)c2ccccc2NC(=O)C1. The van der Waals surface area contributed by atoms with Crippen molar-refractivity contribution in [3.05, 3.63) is 59.7 Å². The van der Waals surface area contributed by atoms with Gasteiger partial charge in [0.1, 0.15) is 17.2 Å². The summed E-state index contributed by atoms with van der Waals surface area (Å²) in [5.74, 6) is 0.110. The van der Waals surface area contributed by atoms with E-state index in [1.54, 1.807) is 48.5 Å². The maximum atomic E-state index is 13.0. The van der Waals surface area contributed by atoms with Crippen LogP contribution in [0.3, 0.4) is 0 Å². The van der Waals surface area contributed by atoms with Gasteiger partial charge in [-0.25, -0.2) is 8.63 Å². The van der Waals surface area contributed by atoms with Gasteiger partial charge in [0.15, 0.2) is 0 Å². The molecule has 0 saturated carbocycles. The summed E-state index contributed by atoms with van der Waals surface area (Å²) in [4.78, 5) is 16.4. The number of amides is 1. The second-order valence-electron chi connectivity index (χ2n) is 5.43. The van der Waals surface area contributed by atoms with Crippen molar-refractivity contribution in [2.75, 3.05) is 12.4 Å². The van der Waals surface area contributed by atoms with Gasteiger partial charge in [0.2, 0.25) is 5.91 Å². The molecule has 2 aromatic rings. The lowest BCUT2D eigenvalue weighted by Gasteiger charge is -2.12. The van der Waals surface area contributed by atoms with Crippen molar-refractivity contribution in [3.8, 4) is 5.75 Å². The topological polar surface area (TPSA) is 59.9 Å². The van der Waals surface area contributed by atoms with Gasteiger partial charge in [0.25, 0.3) is 0 Å². The van der Waals surface area contributed by atoms with Gasteiger partial charge in [-0.2, -0.15) is 0 Å². The Kier molecular flexibility index (Phi) is 5.31. The van der Waals surface area contributed by atoms with Crippen LogP contribution in [-0.2, 0) is 9.45 Å². The molecule has 1 aliphatic heterocycles. The van der Waals surface area contributed by atoms with Crippen LogP contribution in [0.15, 0.2) is 59.1 Å². The smallest absolute Gasteiger partial charge is 0.504 e. The zero-order valence-corrected chi connectivity index (χ0v) is 13.9. The Morgan fingerprint density at radius 1 is 1.15 bits per heavy atom. The maximum absolute atomic E-state index is 13.0. The van der Waals surface area contributed by atoms with Crippen molar-refractivity contribution in [1.82, 2.24) is 0 Å². The highest BCUT2D eigenvalue weighted by atomic mass is 19.2. The van der Waals surface area contributed by atoms with Crippen molar-refractivity contribution in [1.29, 1.82) is 0 Å². The molecule has 0 spiro atoms. The number of halogens is 2. The Hall–Kier alpha value is -3.16. The summed E-state index contributed by atoms with van der Waals surface area (Å²) in [6.07, 6.45) is 1.21. The minimum absolute atomic E-state index is 0.0763. The summed E-state index contributed by atoms with van der Waals surface area (Å²) >= 11 is 0. The standard InChI is InChI=1S/C18H15BF2N2O3/c1-25-16-9-5-4-8-15(16)22-11-12-10-17(24)23-14-7-3-2-6-13(14)18(12)26-19(20)21/h2-9,11H,10H2,1H3,(H,23,24). The van der Waals surface area contributed by atoms with Crippen LogP contribution < -0.4 is 10.1 Å². The van der Waals surface area contributed by atoms with Gasteiger partial charge < -0.3 is 14.7 Å². The molecule has 3 rings (SSSR count). The van der Waals surface area contributed by atoms with Gasteiger partial charge in [-0.1, -0.05) is 24.3 Å². The molecule has 0 aliphatic carbocycles. The number of carbonyl (C=O) groups excluding carboxylic acids is 1. The molecule has 0 unspecified atom stereocenters. The van der Waals surface area contributed by atoms with Gasteiger partial charge in [-0.15, -0.1) is 0 Å². The molecule has 1 aliphatic rings. The Bertz CT molecular complexity index is 884. The summed E-state index contributed by atoms with van der Waals surface area (Å²) in [6.45, 7) is 0. The third kappa shape index (κ3) is 3.91. The van der Waals surface area contributed by atoms with Crippen molar-refractivity contribution >= 4 is 36.7 Å². The summed E-state index contributed by atoms with van der Waals surface area (Å²) in [5.41, 5.74) is 1.55. The van der Waals surface area contributed by atoms with Crippen LogP contribution in [-0.4, -0.2) is 26.7 Å². The van der Waals surface area contributed by atoms with Gasteiger partial charge in [-0.3, -0.25) is 9.79 Å². The number of carbonyl (C=O) groups is 1. The summed E-state index contributed by atoms with van der Waals surface area (Å²) in [5, 5.41) is 2.68. The minimum Gasteiger partial charge on any atom is -0.504 e. The fourth-order valence-electron chi connectivity index (χ4n) is 2.63. The molecule has 0 saturated heterocycles. The number of hydrogen-bond donors (Lipinski definition) is 1. The Morgan fingerprint density at radius 2 is 1.88 bits per heavy atom. The number of fused-ring (bicyclic) bond motifs is 1. The predicted octanol–water partition coefficient (Wildman–Crippen LogP) is 4.09. The fraction of sp³-hybridized carbons (Fsp3) is 0.111. The van der Waals surface area contributed by atoms with Gasteiger partial charge in [-0.05, 0) is 24.3 Å². The molecule has 1 heterocycles. The third-order valence-corrected chi connectivity index (χ3v) is 3.74. The van der Waals surface area contributed by atoms with Gasteiger partial charge in [0, 0.05) is 17.4 Å². The normalized spacial score (nSPS) is 13.9. The van der Waals surface area contributed by atoms with Crippen molar-refractivity contribution in [3.63, 3.8) is 0 Å². The largest absolute Gasteiger partial charge is 0.796 e. The van der Waals surface area contributed by atoms with Crippen LogP contribution in [0, 0.1) is 0 Å². The van der Waals surface area contributed by atoms with Crippen LogP contribution in [0.2, 0.25) is 0 Å². The number of ether oxygens (including phenoxy) is 1. The van der Waals surface area contributed by atoms with Crippen LogP contribution in [0.4, 0.5) is 20.0 Å². The second kappa shape index (κ2) is 7.82. The van der Waals surface area contributed by atoms with E-state index >= 15 is 0 Å². The Morgan fingerprint density at radius 3 is 2.65 bits per heavy atom. The van der Waals surface area contributed by atoms with E-state index in [1.165, 1.54) is 13.3 Å². The number of hydrogen-bond acceptors (Lipinski definition) is 4. The number of benzene rings is 2. The first-order valence-corrected chi connectivity index (χ1v) is 7.83. The molecule has 0 radical (unpaired) electrons. The van der Waals surface area contributed by atoms with Crippen molar-refractivity contribution < 1.29 is 22.8 Å². The van der Waals surface area contributed by atoms with E-state index in [-0.39, 0.29) is 23.7 Å². The number of nitrogens with one attached hydrogen (secondary N) is 1. The van der Waals surface area contributed by atoms with E-state index < -0.39 is 7.47 Å². The second-order valence-corrected chi connectivity index (χ2v) is 5.43. The summed E-state index contributed by atoms with van der Waals surface area (Å²) in [7, 11) is -1.52. The Labute approximate surface area is 149 Å². The van der Waals surface area contributed by atoms with E-state index in [4.69, 9.17) is 9.39 Å². The number of anilines is 1. The lowest BCUT2D eigenvalue weighted by Crippen LogP contribution is -2.11. The monoisotopic (exact) mass is 356 g/mol. The number of rotatable bonds is 5.